The van der Waals surface area contributed by atoms with Gasteiger partial charge in [0.1, 0.15) is 5.69 Å². The van der Waals surface area contributed by atoms with Crippen LogP contribution in [0.15, 0.2) is 0 Å². The molecule has 1 aromatic heterocycles. The average Bonchev–Trinajstić information content (AvgIpc) is 2.69. The van der Waals surface area contributed by atoms with E-state index in [-0.39, 0.29) is 5.78 Å². The Morgan fingerprint density at radius 2 is 2.18 bits per heavy atom. The molecule has 0 radical (unpaired) electrons. The van der Waals surface area contributed by atoms with Crippen LogP contribution in [0.2, 0.25) is 0 Å². The van der Waals surface area contributed by atoms with Crippen molar-refractivity contribution in [3.63, 3.8) is 0 Å². The van der Waals surface area contributed by atoms with E-state index in [2.05, 4.69) is 5.10 Å². The Balaban J connectivity index is 2.47. The van der Waals surface area contributed by atoms with Gasteiger partial charge in [-0.25, -0.2) is 4.79 Å². The standard InChI is InChI=1S/C12H16N2O3/c1-3-14-11-8(6-5-7-9(11)15)10(13-14)12(16)17-4-2/h3-7H2,1-2H3. The third-order valence-electron chi connectivity index (χ3n) is 2.91. The van der Waals surface area contributed by atoms with Gasteiger partial charge in [0, 0.05) is 18.5 Å². The van der Waals surface area contributed by atoms with Gasteiger partial charge in [0.15, 0.2) is 11.5 Å². The molecule has 1 heterocycles. The first kappa shape index (κ1) is 11.8. The molecule has 0 spiro atoms. The summed E-state index contributed by atoms with van der Waals surface area (Å²) in [6.07, 6.45) is 2.06. The van der Waals surface area contributed by atoms with Crippen molar-refractivity contribution in [1.82, 2.24) is 9.78 Å². The van der Waals surface area contributed by atoms with Crippen molar-refractivity contribution < 1.29 is 14.3 Å². The zero-order valence-electron chi connectivity index (χ0n) is 10.2. The fourth-order valence-electron chi connectivity index (χ4n) is 2.18. The Bertz CT molecular complexity index is 463. The Morgan fingerprint density at radius 3 is 2.82 bits per heavy atom. The van der Waals surface area contributed by atoms with Crippen LogP contribution in [0.1, 0.15) is 53.2 Å². The number of aromatic nitrogens is 2. The third-order valence-corrected chi connectivity index (χ3v) is 2.91. The largest absolute Gasteiger partial charge is 0.461 e. The summed E-state index contributed by atoms with van der Waals surface area (Å²) in [6, 6.07) is 0. The molecule has 92 valence electrons. The van der Waals surface area contributed by atoms with Gasteiger partial charge < -0.3 is 4.74 Å². The number of aryl methyl sites for hydroxylation is 1. The van der Waals surface area contributed by atoms with E-state index >= 15 is 0 Å². The Labute approximate surface area is 99.8 Å². The third kappa shape index (κ3) is 1.97. The van der Waals surface area contributed by atoms with Crippen LogP contribution < -0.4 is 0 Å². The maximum absolute atomic E-state index is 11.8. The number of hydrogen-bond acceptors (Lipinski definition) is 4. The first-order valence-corrected chi connectivity index (χ1v) is 5.99. The van der Waals surface area contributed by atoms with Crippen molar-refractivity contribution in [2.24, 2.45) is 0 Å². The van der Waals surface area contributed by atoms with Gasteiger partial charge in [-0.2, -0.15) is 5.10 Å². The summed E-state index contributed by atoms with van der Waals surface area (Å²) >= 11 is 0. The van der Waals surface area contributed by atoms with Gasteiger partial charge in [-0.15, -0.1) is 0 Å². The highest BCUT2D eigenvalue weighted by molar-refractivity contribution is 6.00. The van der Waals surface area contributed by atoms with Gasteiger partial charge in [0.2, 0.25) is 0 Å². The Morgan fingerprint density at radius 1 is 1.41 bits per heavy atom. The molecule has 0 aliphatic heterocycles. The number of esters is 1. The summed E-state index contributed by atoms with van der Waals surface area (Å²) in [7, 11) is 0. The molecule has 0 fully saturated rings. The van der Waals surface area contributed by atoms with Gasteiger partial charge in [0.05, 0.1) is 6.61 Å². The number of fused-ring (bicyclic) bond motifs is 1. The normalized spacial score (nSPS) is 14.6. The highest BCUT2D eigenvalue weighted by Gasteiger charge is 2.29. The molecule has 2 rings (SSSR count). The summed E-state index contributed by atoms with van der Waals surface area (Å²) in [5.74, 6) is -0.346. The van der Waals surface area contributed by atoms with Crippen LogP contribution in [0.3, 0.4) is 0 Å². The molecular weight excluding hydrogens is 220 g/mol. The summed E-state index contributed by atoms with van der Waals surface area (Å²) < 4.78 is 6.58. The molecule has 0 atom stereocenters. The van der Waals surface area contributed by atoms with E-state index in [1.165, 1.54) is 0 Å². The van der Waals surface area contributed by atoms with Crippen molar-refractivity contribution in [2.45, 2.75) is 39.7 Å². The summed E-state index contributed by atoms with van der Waals surface area (Å²) in [5, 5.41) is 4.20. The van der Waals surface area contributed by atoms with Gasteiger partial charge >= 0.3 is 5.97 Å². The van der Waals surface area contributed by atoms with E-state index in [1.54, 1.807) is 11.6 Å². The Kier molecular flexibility index (Phi) is 3.26. The minimum atomic E-state index is -0.425. The second-order valence-electron chi connectivity index (χ2n) is 3.99. The molecule has 0 unspecified atom stereocenters. The van der Waals surface area contributed by atoms with Crippen molar-refractivity contribution in [3.05, 3.63) is 17.0 Å². The summed E-state index contributed by atoms with van der Waals surface area (Å²) in [6.45, 7) is 4.57. The molecule has 0 N–H and O–H groups in total. The maximum Gasteiger partial charge on any atom is 0.359 e. The smallest absolute Gasteiger partial charge is 0.359 e. The van der Waals surface area contributed by atoms with E-state index in [1.807, 2.05) is 6.92 Å². The van der Waals surface area contributed by atoms with Crippen LogP contribution in [0.4, 0.5) is 0 Å². The minimum Gasteiger partial charge on any atom is -0.461 e. The number of ether oxygens (including phenoxy) is 1. The summed E-state index contributed by atoms with van der Waals surface area (Å²) in [5.41, 5.74) is 1.68. The van der Waals surface area contributed by atoms with E-state index in [4.69, 9.17) is 4.74 Å². The molecule has 0 saturated heterocycles. The van der Waals surface area contributed by atoms with E-state index in [0.29, 0.717) is 31.0 Å². The van der Waals surface area contributed by atoms with Gasteiger partial charge in [0.25, 0.3) is 0 Å². The van der Waals surface area contributed by atoms with Crippen molar-refractivity contribution in [1.29, 1.82) is 0 Å². The maximum atomic E-state index is 11.8. The molecule has 5 nitrogen and oxygen atoms in total. The molecular formula is C12H16N2O3. The number of ketones is 1. The van der Waals surface area contributed by atoms with Crippen LogP contribution >= 0.6 is 0 Å². The van der Waals surface area contributed by atoms with E-state index in [0.717, 1.165) is 18.4 Å². The predicted octanol–water partition coefficient (Wildman–Crippen LogP) is 1.60. The molecule has 0 aromatic carbocycles. The van der Waals surface area contributed by atoms with Gasteiger partial charge in [-0.3, -0.25) is 9.48 Å². The molecule has 1 aromatic rings. The second kappa shape index (κ2) is 4.69. The number of carbonyl (C=O) groups is 2. The highest BCUT2D eigenvalue weighted by atomic mass is 16.5. The first-order chi connectivity index (χ1) is 8.19. The molecule has 0 bridgehead atoms. The average molecular weight is 236 g/mol. The van der Waals surface area contributed by atoms with Crippen LogP contribution in [0, 0.1) is 0 Å². The highest BCUT2D eigenvalue weighted by Crippen LogP contribution is 2.25. The number of carbonyl (C=O) groups excluding carboxylic acids is 2. The van der Waals surface area contributed by atoms with Crippen molar-refractivity contribution in [3.8, 4) is 0 Å². The molecule has 0 saturated carbocycles. The molecule has 1 aliphatic carbocycles. The lowest BCUT2D eigenvalue weighted by Gasteiger charge is -2.11. The SMILES string of the molecule is CCOC(=O)c1nn(CC)c2c1CCCC2=O. The zero-order valence-corrected chi connectivity index (χ0v) is 10.2. The monoisotopic (exact) mass is 236 g/mol. The first-order valence-electron chi connectivity index (χ1n) is 5.99. The zero-order chi connectivity index (χ0) is 12.4. The molecule has 1 aliphatic rings. The van der Waals surface area contributed by atoms with E-state index in [9.17, 15) is 9.59 Å². The van der Waals surface area contributed by atoms with Crippen LogP contribution in [-0.2, 0) is 17.7 Å². The lowest BCUT2D eigenvalue weighted by Crippen LogP contribution is -2.16. The predicted molar refractivity (Wildman–Crippen MR) is 61.1 cm³/mol. The van der Waals surface area contributed by atoms with Gasteiger partial charge in [-0.1, -0.05) is 0 Å². The van der Waals surface area contributed by atoms with Crippen LogP contribution in [0.25, 0.3) is 0 Å². The quantitative estimate of drug-likeness (QED) is 0.748. The van der Waals surface area contributed by atoms with Gasteiger partial charge in [-0.05, 0) is 26.7 Å². The second-order valence-corrected chi connectivity index (χ2v) is 3.99. The van der Waals surface area contributed by atoms with Crippen LogP contribution in [0.5, 0.6) is 0 Å². The molecule has 17 heavy (non-hydrogen) atoms. The van der Waals surface area contributed by atoms with E-state index < -0.39 is 5.97 Å². The van der Waals surface area contributed by atoms with Crippen molar-refractivity contribution in [2.75, 3.05) is 6.61 Å². The van der Waals surface area contributed by atoms with Crippen LogP contribution in [-0.4, -0.2) is 28.1 Å². The number of hydrogen-bond donors (Lipinski definition) is 0. The summed E-state index contributed by atoms with van der Waals surface area (Å²) in [4.78, 5) is 23.6. The number of nitrogens with zero attached hydrogens (tertiary/aromatic N) is 2. The minimum absolute atomic E-state index is 0.0798. The number of rotatable bonds is 3. The molecule has 5 heteroatoms. The molecule has 0 amide bonds. The number of Topliss-reactive ketones (excluding diaryl/α,β-unsaturated/α-hetero) is 1. The topological polar surface area (TPSA) is 61.2 Å². The Hall–Kier alpha value is -1.65. The fraction of sp³-hybridized carbons (Fsp3) is 0.583. The lowest BCUT2D eigenvalue weighted by molar-refractivity contribution is 0.0517. The lowest BCUT2D eigenvalue weighted by atomic mass is 9.94. The van der Waals surface area contributed by atoms with Crippen molar-refractivity contribution >= 4 is 11.8 Å². The fourth-order valence-corrected chi connectivity index (χ4v) is 2.18.